The molecule has 6 nitrogen and oxygen atoms in total. The Labute approximate surface area is 197 Å². The molecule has 10 heteroatoms. The van der Waals surface area contributed by atoms with Crippen molar-refractivity contribution in [2.24, 2.45) is 0 Å². The van der Waals surface area contributed by atoms with Crippen LogP contribution in [0.25, 0.3) is 11.0 Å². The number of aromatic nitrogens is 2. The van der Waals surface area contributed by atoms with Gasteiger partial charge in [0.2, 0.25) is 0 Å². The third kappa shape index (κ3) is 3.76. The summed E-state index contributed by atoms with van der Waals surface area (Å²) in [5.41, 5.74) is 1.42. The molecule has 0 saturated carbocycles. The molecule has 1 fully saturated rings. The summed E-state index contributed by atoms with van der Waals surface area (Å²) >= 11 is 6.18. The number of imidazole rings is 1. The minimum absolute atomic E-state index is 0.0461. The number of hydrogen-bond donors (Lipinski definition) is 0. The van der Waals surface area contributed by atoms with E-state index in [1.807, 2.05) is 21.9 Å². The Morgan fingerprint density at radius 3 is 2.64 bits per heavy atom. The van der Waals surface area contributed by atoms with Crippen LogP contribution in [0.15, 0.2) is 42.5 Å². The Morgan fingerprint density at radius 2 is 1.91 bits per heavy atom. The molecule has 1 amide bonds. The van der Waals surface area contributed by atoms with E-state index in [4.69, 9.17) is 16.6 Å². The molecule has 1 aromatic heterocycles. The van der Waals surface area contributed by atoms with Gasteiger partial charge < -0.3 is 4.57 Å². The molecule has 1 unspecified atom stereocenters. The minimum atomic E-state index is -3.56. The molecule has 0 radical (unpaired) electrons. The Kier molecular flexibility index (Phi) is 5.74. The van der Waals surface area contributed by atoms with Gasteiger partial charge in [0.1, 0.15) is 5.82 Å². The van der Waals surface area contributed by atoms with Crippen molar-refractivity contribution in [3.8, 4) is 0 Å². The van der Waals surface area contributed by atoms with Crippen LogP contribution in [0.3, 0.4) is 0 Å². The zero-order chi connectivity index (χ0) is 23.3. The van der Waals surface area contributed by atoms with Gasteiger partial charge in [-0.05, 0) is 37.1 Å². The predicted octanol–water partition coefficient (Wildman–Crippen LogP) is 4.65. The van der Waals surface area contributed by atoms with Crippen molar-refractivity contribution in [1.82, 2.24) is 13.9 Å². The summed E-state index contributed by atoms with van der Waals surface area (Å²) in [5, 5.41) is 0.529. The number of nitrogens with zero attached hydrogens (tertiary/aromatic N) is 4. The van der Waals surface area contributed by atoms with Crippen LogP contribution in [0.5, 0.6) is 0 Å². The van der Waals surface area contributed by atoms with Crippen molar-refractivity contribution in [3.63, 3.8) is 0 Å². The van der Waals surface area contributed by atoms with E-state index < -0.39 is 22.8 Å². The normalized spacial score (nSPS) is 19.9. The van der Waals surface area contributed by atoms with Crippen LogP contribution in [0, 0.1) is 0 Å². The fraction of sp³-hybridized carbons (Fsp3) is 0.391. The second-order valence-corrected chi connectivity index (χ2v) is 10.5. The number of para-hydroxylation sites is 1. The lowest BCUT2D eigenvalue weighted by molar-refractivity contribution is -0.141. The highest BCUT2D eigenvalue weighted by molar-refractivity contribution is 7.82. The van der Waals surface area contributed by atoms with E-state index in [9.17, 15) is 17.8 Å². The van der Waals surface area contributed by atoms with Crippen LogP contribution in [0.2, 0.25) is 5.02 Å². The van der Waals surface area contributed by atoms with E-state index in [1.165, 1.54) is 18.2 Å². The number of carbonyl (C=O) groups excluding carboxylic acids is 1. The van der Waals surface area contributed by atoms with Crippen molar-refractivity contribution >= 4 is 45.2 Å². The Hall–Kier alpha value is -2.36. The molecule has 33 heavy (non-hydrogen) atoms. The van der Waals surface area contributed by atoms with Crippen molar-refractivity contribution in [1.29, 1.82) is 0 Å². The van der Waals surface area contributed by atoms with E-state index in [0.29, 0.717) is 35.2 Å². The molecule has 2 aliphatic heterocycles. The van der Waals surface area contributed by atoms with Crippen molar-refractivity contribution < 1.29 is 17.8 Å². The summed E-state index contributed by atoms with van der Waals surface area (Å²) < 4.78 is 45.6. The smallest absolute Gasteiger partial charge is 0.323 e. The first-order valence-corrected chi connectivity index (χ1v) is 12.6. The molecule has 3 heterocycles. The zero-order valence-corrected chi connectivity index (χ0v) is 19.6. The molecule has 0 spiro atoms. The van der Waals surface area contributed by atoms with Crippen LogP contribution in [-0.4, -0.2) is 42.8 Å². The fourth-order valence-electron chi connectivity index (χ4n) is 4.79. The van der Waals surface area contributed by atoms with Gasteiger partial charge in [0.25, 0.3) is 0 Å². The number of carbonyl (C=O) groups is 1. The van der Waals surface area contributed by atoms with Gasteiger partial charge in [-0.25, -0.2) is 13.5 Å². The lowest BCUT2D eigenvalue weighted by Gasteiger charge is -2.32. The van der Waals surface area contributed by atoms with Crippen molar-refractivity contribution in [2.75, 3.05) is 23.7 Å². The van der Waals surface area contributed by atoms with Crippen LogP contribution >= 0.6 is 11.6 Å². The number of amides is 1. The maximum Gasteiger partial charge on any atom is 0.352 e. The molecule has 0 aliphatic carbocycles. The summed E-state index contributed by atoms with van der Waals surface area (Å²) in [7, 11) is -0.998. The van der Waals surface area contributed by atoms with Crippen molar-refractivity contribution in [3.05, 3.63) is 58.9 Å². The lowest BCUT2D eigenvalue weighted by atomic mass is 10.1. The van der Waals surface area contributed by atoms with Crippen LogP contribution < -0.4 is 4.90 Å². The van der Waals surface area contributed by atoms with Crippen LogP contribution in [0.4, 0.5) is 14.5 Å². The summed E-state index contributed by atoms with van der Waals surface area (Å²) in [6.45, 7) is 3.16. The highest BCUT2D eigenvalue weighted by Crippen LogP contribution is 2.45. The fourth-order valence-corrected chi connectivity index (χ4v) is 5.94. The van der Waals surface area contributed by atoms with E-state index >= 15 is 0 Å². The molecule has 0 N–H and O–H groups in total. The number of halogens is 3. The average Bonchev–Trinajstić information content (AvgIpc) is 3.26. The molecule has 2 aliphatic rings. The number of fused-ring (bicyclic) bond motifs is 2. The largest absolute Gasteiger partial charge is 0.352 e. The summed E-state index contributed by atoms with van der Waals surface area (Å²) in [5.74, 6) is -3.70. The average molecular weight is 493 g/mol. The van der Waals surface area contributed by atoms with E-state index in [2.05, 4.69) is 0 Å². The molecule has 174 valence electrons. The molecular weight excluding hydrogens is 470 g/mol. The third-order valence-electron chi connectivity index (χ3n) is 6.39. The maximum absolute atomic E-state index is 14.7. The molecule has 3 aromatic rings. The SMILES string of the molecule is CCS(=O)N1CCC(n2c(CN3C(=O)C(F)(F)c4ccccc43)nc3cc(Cl)ccc32)CC1. The standard InChI is InChI=1S/C23H23ClF2N4O2S/c1-2-33(32)28-11-9-16(10-12-28)30-20-8-7-15(24)13-18(20)27-21(30)14-29-19-6-4-3-5-17(19)23(25,26)22(29)31/h3-8,13,16H,2,9-12,14H2,1H3. The minimum Gasteiger partial charge on any atom is -0.323 e. The zero-order valence-electron chi connectivity index (χ0n) is 18.0. The molecule has 5 rings (SSSR count). The van der Waals surface area contributed by atoms with E-state index in [0.717, 1.165) is 23.3 Å². The predicted molar refractivity (Wildman–Crippen MR) is 125 cm³/mol. The monoisotopic (exact) mass is 492 g/mol. The first-order valence-electron chi connectivity index (χ1n) is 10.9. The number of rotatable bonds is 5. The Morgan fingerprint density at radius 1 is 1.18 bits per heavy atom. The topological polar surface area (TPSA) is 58.4 Å². The van der Waals surface area contributed by atoms with E-state index in [1.54, 1.807) is 18.2 Å². The molecule has 0 bridgehead atoms. The summed E-state index contributed by atoms with van der Waals surface area (Å²) in [4.78, 5) is 18.5. The second-order valence-electron chi connectivity index (χ2n) is 8.28. The van der Waals surface area contributed by atoms with Gasteiger partial charge in [0.05, 0.1) is 39.8 Å². The quantitative estimate of drug-likeness (QED) is 0.521. The third-order valence-corrected chi connectivity index (χ3v) is 8.06. The van der Waals surface area contributed by atoms with Gasteiger partial charge in [-0.2, -0.15) is 8.78 Å². The number of anilines is 1. The number of alkyl halides is 2. The number of piperidine rings is 1. The highest BCUT2D eigenvalue weighted by Gasteiger charge is 2.52. The number of hydrogen-bond acceptors (Lipinski definition) is 3. The van der Waals surface area contributed by atoms with Gasteiger partial charge in [-0.1, -0.05) is 36.7 Å². The van der Waals surface area contributed by atoms with Gasteiger partial charge in [0, 0.05) is 29.9 Å². The van der Waals surface area contributed by atoms with Crippen LogP contribution in [0.1, 0.15) is 37.2 Å². The molecule has 1 atom stereocenters. The number of benzene rings is 2. The summed E-state index contributed by atoms with van der Waals surface area (Å²) in [6, 6.07) is 11.4. The van der Waals surface area contributed by atoms with Gasteiger partial charge in [-0.3, -0.25) is 9.69 Å². The van der Waals surface area contributed by atoms with E-state index in [-0.39, 0.29) is 23.8 Å². The molecule has 1 saturated heterocycles. The van der Waals surface area contributed by atoms with Gasteiger partial charge >= 0.3 is 11.8 Å². The molecule has 2 aromatic carbocycles. The van der Waals surface area contributed by atoms with Gasteiger partial charge in [-0.15, -0.1) is 0 Å². The maximum atomic E-state index is 14.7. The van der Waals surface area contributed by atoms with Crippen molar-refractivity contribution in [2.45, 2.75) is 38.3 Å². The molecular formula is C23H23ClF2N4O2S. The Balaban J connectivity index is 1.53. The first kappa shape index (κ1) is 22.4. The van der Waals surface area contributed by atoms with Gasteiger partial charge in [0.15, 0.2) is 0 Å². The second kappa shape index (κ2) is 8.45. The Bertz CT molecular complexity index is 1260. The summed E-state index contributed by atoms with van der Waals surface area (Å²) in [6.07, 6.45) is 1.49. The first-order chi connectivity index (χ1) is 15.8. The van der Waals surface area contributed by atoms with Crippen LogP contribution in [-0.2, 0) is 28.2 Å². The highest BCUT2D eigenvalue weighted by atomic mass is 35.5. The lowest BCUT2D eigenvalue weighted by Crippen LogP contribution is -2.38.